The number of nitrogens with zero attached hydrogens (tertiary/aromatic N) is 2. The molecule has 2 aromatic carbocycles. The number of hydrogen-bond acceptors (Lipinski definition) is 2. The first-order valence-electron chi connectivity index (χ1n) is 8.06. The topological polar surface area (TPSA) is 44.1 Å². The second-order valence-electron chi connectivity index (χ2n) is 6.41. The van der Waals surface area contributed by atoms with Gasteiger partial charge in [0.25, 0.3) is 0 Å². The van der Waals surface area contributed by atoms with Crippen molar-refractivity contribution in [3.63, 3.8) is 0 Å². The van der Waals surface area contributed by atoms with Crippen molar-refractivity contribution >= 4 is 17.5 Å². The van der Waals surface area contributed by atoms with Gasteiger partial charge in [0.1, 0.15) is 0 Å². The molecule has 3 nitrogen and oxygen atoms in total. The molecule has 0 radical (unpaired) electrons. The number of likely N-dealkylation sites (N-methyl/N-ethyl adjacent to an activating group) is 1. The third-order valence-corrected chi connectivity index (χ3v) is 5.11. The molecule has 1 aliphatic rings. The maximum atomic E-state index is 13.1. The third kappa shape index (κ3) is 3.02. The number of benzene rings is 2. The predicted molar refractivity (Wildman–Crippen MR) is 94.6 cm³/mol. The molecule has 1 fully saturated rings. The SMILES string of the molecule is CN(Cc1ccc(C#N)cc1)C(=O)C1(c2ccc(Cl)cc2)CCC1. The molecular weight excluding hydrogens is 320 g/mol. The lowest BCUT2D eigenvalue weighted by atomic mass is 9.63. The van der Waals surface area contributed by atoms with Crippen LogP contribution in [0.5, 0.6) is 0 Å². The maximum absolute atomic E-state index is 13.1. The van der Waals surface area contributed by atoms with Crippen molar-refractivity contribution in [1.29, 1.82) is 5.26 Å². The number of nitriles is 1. The minimum atomic E-state index is -0.411. The van der Waals surface area contributed by atoms with E-state index in [1.165, 1.54) is 0 Å². The van der Waals surface area contributed by atoms with Crippen LogP contribution >= 0.6 is 11.6 Å². The second kappa shape index (κ2) is 6.67. The van der Waals surface area contributed by atoms with Gasteiger partial charge in [0.2, 0.25) is 5.91 Å². The van der Waals surface area contributed by atoms with E-state index in [1.54, 1.807) is 17.0 Å². The Morgan fingerprint density at radius 3 is 2.29 bits per heavy atom. The summed E-state index contributed by atoms with van der Waals surface area (Å²) in [6.07, 6.45) is 2.83. The molecule has 0 unspecified atom stereocenters. The molecule has 0 aliphatic heterocycles. The van der Waals surface area contributed by atoms with E-state index in [9.17, 15) is 4.79 Å². The van der Waals surface area contributed by atoms with Gasteiger partial charge in [-0.05, 0) is 48.2 Å². The Labute approximate surface area is 147 Å². The summed E-state index contributed by atoms with van der Waals surface area (Å²) in [5.41, 5.74) is 2.29. The number of rotatable bonds is 4. The highest BCUT2D eigenvalue weighted by molar-refractivity contribution is 6.30. The Morgan fingerprint density at radius 1 is 1.17 bits per heavy atom. The molecule has 1 aliphatic carbocycles. The molecule has 0 atom stereocenters. The van der Waals surface area contributed by atoms with Gasteiger partial charge in [0.05, 0.1) is 17.0 Å². The molecule has 3 rings (SSSR count). The van der Waals surface area contributed by atoms with E-state index in [1.807, 2.05) is 43.4 Å². The average molecular weight is 339 g/mol. The lowest BCUT2D eigenvalue weighted by molar-refractivity contribution is -0.140. The van der Waals surface area contributed by atoms with Gasteiger partial charge in [-0.15, -0.1) is 0 Å². The van der Waals surface area contributed by atoms with Crippen LogP contribution in [0, 0.1) is 11.3 Å². The van der Waals surface area contributed by atoms with Crippen LogP contribution in [0.25, 0.3) is 0 Å². The standard InChI is InChI=1S/C20H19ClN2O/c1-23(14-16-5-3-15(13-22)4-6-16)19(24)20(11-2-12-20)17-7-9-18(21)10-8-17/h3-10H,2,11-12,14H2,1H3. The molecule has 2 aromatic rings. The van der Waals surface area contributed by atoms with Gasteiger partial charge in [0, 0.05) is 18.6 Å². The van der Waals surface area contributed by atoms with Gasteiger partial charge in [-0.25, -0.2) is 0 Å². The van der Waals surface area contributed by atoms with Crippen molar-refractivity contribution in [2.75, 3.05) is 7.05 Å². The van der Waals surface area contributed by atoms with E-state index in [-0.39, 0.29) is 5.91 Å². The minimum Gasteiger partial charge on any atom is -0.341 e. The monoisotopic (exact) mass is 338 g/mol. The molecule has 0 aromatic heterocycles. The van der Waals surface area contributed by atoms with E-state index >= 15 is 0 Å². The van der Waals surface area contributed by atoms with Crippen molar-refractivity contribution in [3.05, 3.63) is 70.2 Å². The number of amides is 1. The second-order valence-corrected chi connectivity index (χ2v) is 6.85. The van der Waals surface area contributed by atoms with Crippen LogP contribution in [0.2, 0.25) is 5.02 Å². The molecule has 0 N–H and O–H groups in total. The van der Waals surface area contributed by atoms with Gasteiger partial charge in [0.15, 0.2) is 0 Å². The van der Waals surface area contributed by atoms with Crippen LogP contribution in [-0.2, 0) is 16.8 Å². The number of hydrogen-bond donors (Lipinski definition) is 0. The van der Waals surface area contributed by atoms with Gasteiger partial charge in [-0.1, -0.05) is 42.3 Å². The summed E-state index contributed by atoms with van der Waals surface area (Å²) in [6, 6.07) is 17.1. The van der Waals surface area contributed by atoms with Crippen LogP contribution < -0.4 is 0 Å². The van der Waals surface area contributed by atoms with Crippen molar-refractivity contribution in [2.24, 2.45) is 0 Å². The summed E-state index contributed by atoms with van der Waals surface area (Å²) in [4.78, 5) is 14.9. The van der Waals surface area contributed by atoms with Crippen molar-refractivity contribution in [2.45, 2.75) is 31.2 Å². The Bertz CT molecular complexity index is 771. The fourth-order valence-electron chi connectivity index (χ4n) is 3.32. The molecule has 0 heterocycles. The zero-order valence-corrected chi connectivity index (χ0v) is 14.4. The number of carbonyl (C=O) groups is 1. The van der Waals surface area contributed by atoms with Crippen LogP contribution in [0.3, 0.4) is 0 Å². The molecule has 0 bridgehead atoms. The van der Waals surface area contributed by atoms with Crippen molar-refractivity contribution in [3.8, 4) is 6.07 Å². The third-order valence-electron chi connectivity index (χ3n) is 4.86. The summed E-state index contributed by atoms with van der Waals surface area (Å²) in [7, 11) is 1.84. The fraction of sp³-hybridized carbons (Fsp3) is 0.300. The maximum Gasteiger partial charge on any atom is 0.233 e. The first kappa shape index (κ1) is 16.5. The average Bonchev–Trinajstić information content (AvgIpc) is 2.56. The smallest absolute Gasteiger partial charge is 0.233 e. The number of carbonyl (C=O) groups excluding carboxylic acids is 1. The summed E-state index contributed by atoms with van der Waals surface area (Å²) in [5, 5.41) is 9.55. The number of halogens is 1. The highest BCUT2D eigenvalue weighted by Gasteiger charge is 2.46. The molecule has 4 heteroatoms. The molecule has 0 saturated heterocycles. The highest BCUT2D eigenvalue weighted by Crippen LogP contribution is 2.45. The van der Waals surface area contributed by atoms with Crippen LogP contribution in [0.1, 0.15) is 36.0 Å². The zero-order chi connectivity index (χ0) is 17.2. The summed E-state index contributed by atoms with van der Waals surface area (Å²) in [6.45, 7) is 0.542. The Kier molecular flexibility index (Phi) is 4.59. The molecule has 1 saturated carbocycles. The summed E-state index contributed by atoms with van der Waals surface area (Å²) >= 11 is 5.98. The quantitative estimate of drug-likeness (QED) is 0.834. The lowest BCUT2D eigenvalue weighted by Crippen LogP contribution is -2.49. The first-order chi connectivity index (χ1) is 11.5. The van der Waals surface area contributed by atoms with Gasteiger partial charge in [-0.3, -0.25) is 4.79 Å². The largest absolute Gasteiger partial charge is 0.341 e. The van der Waals surface area contributed by atoms with Crippen LogP contribution in [-0.4, -0.2) is 17.9 Å². The van der Waals surface area contributed by atoms with E-state index in [0.717, 1.165) is 30.4 Å². The van der Waals surface area contributed by atoms with Crippen LogP contribution in [0.15, 0.2) is 48.5 Å². The van der Waals surface area contributed by atoms with Gasteiger partial charge in [-0.2, -0.15) is 5.26 Å². The summed E-state index contributed by atoms with van der Waals surface area (Å²) < 4.78 is 0. The lowest BCUT2D eigenvalue weighted by Gasteiger charge is -2.43. The summed E-state index contributed by atoms with van der Waals surface area (Å²) in [5.74, 6) is 0.153. The van der Waals surface area contributed by atoms with E-state index in [2.05, 4.69) is 6.07 Å². The minimum absolute atomic E-state index is 0.153. The fourth-order valence-corrected chi connectivity index (χ4v) is 3.45. The van der Waals surface area contributed by atoms with Crippen molar-refractivity contribution < 1.29 is 4.79 Å². The van der Waals surface area contributed by atoms with E-state index in [0.29, 0.717) is 17.1 Å². The zero-order valence-electron chi connectivity index (χ0n) is 13.6. The van der Waals surface area contributed by atoms with Gasteiger partial charge < -0.3 is 4.90 Å². The normalized spacial score (nSPS) is 15.2. The molecule has 1 amide bonds. The van der Waals surface area contributed by atoms with E-state index in [4.69, 9.17) is 16.9 Å². The Balaban J connectivity index is 1.78. The molecule has 0 spiro atoms. The first-order valence-corrected chi connectivity index (χ1v) is 8.44. The molecule has 122 valence electrons. The van der Waals surface area contributed by atoms with Gasteiger partial charge >= 0.3 is 0 Å². The van der Waals surface area contributed by atoms with Crippen molar-refractivity contribution in [1.82, 2.24) is 4.90 Å². The predicted octanol–water partition coefficient (Wildman–Crippen LogP) is 4.29. The van der Waals surface area contributed by atoms with Crippen LogP contribution in [0.4, 0.5) is 0 Å². The Morgan fingerprint density at radius 2 is 1.79 bits per heavy atom. The molecule has 24 heavy (non-hydrogen) atoms. The Hall–Kier alpha value is -2.31. The molecular formula is C20H19ClN2O. The van der Waals surface area contributed by atoms with E-state index < -0.39 is 5.41 Å². The highest BCUT2D eigenvalue weighted by atomic mass is 35.5.